The summed E-state index contributed by atoms with van der Waals surface area (Å²) in [7, 11) is 0. The van der Waals surface area contributed by atoms with E-state index < -0.39 is 17.6 Å². The van der Waals surface area contributed by atoms with Gasteiger partial charge in [0.05, 0.1) is 0 Å². The summed E-state index contributed by atoms with van der Waals surface area (Å²) in [5.41, 5.74) is -0.756. The third kappa shape index (κ3) is 3.50. The predicted molar refractivity (Wildman–Crippen MR) is 99.5 cm³/mol. The largest absolute Gasteiger partial charge is 0.340 e. The van der Waals surface area contributed by atoms with E-state index in [-0.39, 0.29) is 17.7 Å². The number of nitroso groups, excluding NO2 is 1. The molecule has 146 valence electrons. The Balaban J connectivity index is 1.85. The van der Waals surface area contributed by atoms with Crippen molar-refractivity contribution >= 4 is 11.8 Å². The molecule has 26 heavy (non-hydrogen) atoms. The molecule has 2 amide bonds. The summed E-state index contributed by atoms with van der Waals surface area (Å²) >= 11 is 0. The monoisotopic (exact) mass is 364 g/mol. The predicted octanol–water partition coefficient (Wildman–Crippen LogP) is 1.95. The van der Waals surface area contributed by atoms with E-state index in [9.17, 15) is 14.5 Å². The van der Waals surface area contributed by atoms with Gasteiger partial charge in [-0.15, -0.1) is 0 Å². The molecule has 7 nitrogen and oxygen atoms in total. The van der Waals surface area contributed by atoms with Crippen LogP contribution in [0.25, 0.3) is 0 Å². The first kappa shape index (κ1) is 19.3. The molecule has 7 heteroatoms. The van der Waals surface area contributed by atoms with Gasteiger partial charge in [0.25, 0.3) is 0 Å². The molecule has 3 rings (SSSR count). The van der Waals surface area contributed by atoms with Crippen molar-refractivity contribution in [3.05, 3.63) is 4.91 Å². The maximum absolute atomic E-state index is 13.4. The minimum Gasteiger partial charge on any atom is -0.340 e. The van der Waals surface area contributed by atoms with E-state index in [1.165, 1.54) is 6.42 Å². The molecule has 2 N–H and O–H groups in total. The van der Waals surface area contributed by atoms with Crippen LogP contribution in [-0.4, -0.2) is 54.0 Å². The molecule has 0 radical (unpaired) electrons. The number of unbranched alkanes of at least 4 members (excludes halogenated alkanes) is 1. The molecule has 3 fully saturated rings. The summed E-state index contributed by atoms with van der Waals surface area (Å²) in [5.74, 6) is -0.0927. The van der Waals surface area contributed by atoms with Gasteiger partial charge in [-0.2, -0.15) is 4.91 Å². The number of amides is 2. The third-order valence-electron chi connectivity index (χ3n) is 6.52. The minimum absolute atomic E-state index is 0.0934. The molecule has 0 aromatic rings. The van der Waals surface area contributed by atoms with Gasteiger partial charge >= 0.3 is 0 Å². The summed E-state index contributed by atoms with van der Waals surface area (Å²) in [6.07, 6.45) is 8.23. The molecule has 2 saturated heterocycles. The number of rotatable bonds is 6. The molecule has 0 bridgehead atoms. The number of nitrogens with one attached hydrogen (secondary N) is 2. The molecule has 2 heterocycles. The Morgan fingerprint density at radius 1 is 1.19 bits per heavy atom. The van der Waals surface area contributed by atoms with Gasteiger partial charge in [0.2, 0.25) is 11.8 Å². The van der Waals surface area contributed by atoms with Crippen LogP contribution >= 0.6 is 0 Å². The number of carbonyl (C=O) groups excluding carboxylic acids is 2. The van der Waals surface area contributed by atoms with Crippen molar-refractivity contribution in [2.45, 2.75) is 82.3 Å². The van der Waals surface area contributed by atoms with E-state index in [0.29, 0.717) is 19.4 Å². The average Bonchev–Trinajstić information content (AvgIpc) is 2.68. The Hall–Kier alpha value is -1.50. The van der Waals surface area contributed by atoms with Crippen molar-refractivity contribution in [1.29, 1.82) is 0 Å². The maximum atomic E-state index is 13.4. The fourth-order valence-corrected chi connectivity index (χ4v) is 4.94. The van der Waals surface area contributed by atoms with Crippen LogP contribution in [0.15, 0.2) is 5.18 Å². The molecule has 0 unspecified atom stereocenters. The molecule has 3 aliphatic rings. The highest BCUT2D eigenvalue weighted by Gasteiger charge is 2.55. The van der Waals surface area contributed by atoms with E-state index in [2.05, 4.69) is 22.7 Å². The zero-order chi connectivity index (χ0) is 18.6. The lowest BCUT2D eigenvalue weighted by molar-refractivity contribution is -0.160. The number of nitrogens with zero attached hydrogens (tertiary/aromatic N) is 2. The van der Waals surface area contributed by atoms with Crippen molar-refractivity contribution in [3.63, 3.8) is 0 Å². The Morgan fingerprint density at radius 3 is 2.50 bits per heavy atom. The molecule has 1 aliphatic carbocycles. The van der Waals surface area contributed by atoms with Gasteiger partial charge in [0.15, 0.2) is 0 Å². The summed E-state index contributed by atoms with van der Waals surface area (Å²) in [6, 6.07) is -1.43. The highest BCUT2D eigenvalue weighted by atomic mass is 16.3. The van der Waals surface area contributed by atoms with Gasteiger partial charge in [-0.1, -0.05) is 37.8 Å². The van der Waals surface area contributed by atoms with E-state index in [0.717, 1.165) is 51.6 Å². The zero-order valence-corrected chi connectivity index (χ0v) is 15.8. The molecule has 2 atom stereocenters. The van der Waals surface area contributed by atoms with Crippen LogP contribution in [0.3, 0.4) is 0 Å². The first-order valence-corrected chi connectivity index (χ1v) is 10.3. The van der Waals surface area contributed by atoms with Crippen molar-refractivity contribution in [2.24, 2.45) is 11.1 Å². The number of carbonyl (C=O) groups is 2. The fourth-order valence-electron chi connectivity index (χ4n) is 4.94. The normalized spacial score (nSPS) is 28.0. The van der Waals surface area contributed by atoms with E-state index in [1.54, 1.807) is 4.90 Å². The standard InChI is InChI=1S/C19H32N4O3/c1-2-3-13-23-17(24)16(15(22-26)14-7-5-4-6-8-14)21-18(25)19(23)9-11-20-12-10-19/h14-16,20H,2-13H2,1H3,(H,21,25)/t15-,16-/m0/s1. The summed E-state index contributed by atoms with van der Waals surface area (Å²) in [6.45, 7) is 4.12. The first-order chi connectivity index (χ1) is 12.6. The minimum atomic E-state index is -0.791. The Labute approximate surface area is 155 Å². The molecular weight excluding hydrogens is 332 g/mol. The summed E-state index contributed by atoms with van der Waals surface area (Å²) in [5, 5.41) is 9.55. The number of hydrogen-bond donors (Lipinski definition) is 2. The van der Waals surface area contributed by atoms with Gasteiger partial charge in [-0.25, -0.2) is 0 Å². The van der Waals surface area contributed by atoms with Gasteiger partial charge in [-0.05, 0) is 51.1 Å². The summed E-state index contributed by atoms with van der Waals surface area (Å²) < 4.78 is 0. The molecule has 2 aliphatic heterocycles. The van der Waals surface area contributed by atoms with Crippen LogP contribution in [0.5, 0.6) is 0 Å². The van der Waals surface area contributed by atoms with Crippen LogP contribution in [0, 0.1) is 10.8 Å². The van der Waals surface area contributed by atoms with Crippen LogP contribution in [0.4, 0.5) is 0 Å². The smallest absolute Gasteiger partial charge is 0.248 e. The van der Waals surface area contributed by atoms with E-state index in [4.69, 9.17) is 0 Å². The van der Waals surface area contributed by atoms with Gasteiger partial charge in [0.1, 0.15) is 17.6 Å². The molecule has 0 aromatic heterocycles. The number of piperidine rings is 1. The topological polar surface area (TPSA) is 90.9 Å². The highest BCUT2D eigenvalue weighted by molar-refractivity contribution is 6.00. The van der Waals surface area contributed by atoms with Crippen molar-refractivity contribution in [3.8, 4) is 0 Å². The van der Waals surface area contributed by atoms with Crippen molar-refractivity contribution in [1.82, 2.24) is 15.5 Å². The van der Waals surface area contributed by atoms with Crippen LogP contribution in [0.2, 0.25) is 0 Å². The second-order valence-corrected chi connectivity index (χ2v) is 8.07. The number of hydrogen-bond acceptors (Lipinski definition) is 5. The first-order valence-electron chi connectivity index (χ1n) is 10.3. The molecular formula is C19H32N4O3. The zero-order valence-electron chi connectivity index (χ0n) is 15.8. The number of piperazine rings is 1. The van der Waals surface area contributed by atoms with Gasteiger partial charge in [0, 0.05) is 6.54 Å². The Bertz CT molecular complexity index is 527. The van der Waals surface area contributed by atoms with Crippen LogP contribution < -0.4 is 10.6 Å². The van der Waals surface area contributed by atoms with Crippen LogP contribution in [0.1, 0.15) is 64.7 Å². The van der Waals surface area contributed by atoms with Gasteiger partial charge in [-0.3, -0.25) is 9.59 Å². The second-order valence-electron chi connectivity index (χ2n) is 8.07. The molecule has 1 spiro atoms. The van der Waals surface area contributed by atoms with Crippen LogP contribution in [-0.2, 0) is 9.59 Å². The average molecular weight is 364 g/mol. The van der Waals surface area contributed by atoms with E-state index >= 15 is 0 Å². The Morgan fingerprint density at radius 2 is 1.88 bits per heavy atom. The third-order valence-corrected chi connectivity index (χ3v) is 6.52. The lowest BCUT2D eigenvalue weighted by Gasteiger charge is -2.51. The lowest BCUT2D eigenvalue weighted by atomic mass is 9.77. The molecule has 0 aromatic carbocycles. The van der Waals surface area contributed by atoms with Crippen molar-refractivity contribution < 1.29 is 9.59 Å². The Kier molecular flexibility index (Phi) is 6.27. The lowest BCUT2D eigenvalue weighted by Crippen LogP contribution is -2.74. The highest BCUT2D eigenvalue weighted by Crippen LogP contribution is 2.35. The second kappa shape index (κ2) is 8.46. The van der Waals surface area contributed by atoms with Gasteiger partial charge < -0.3 is 15.5 Å². The molecule has 1 saturated carbocycles. The van der Waals surface area contributed by atoms with E-state index in [1.807, 2.05) is 0 Å². The fraction of sp³-hybridized carbons (Fsp3) is 0.895. The quantitative estimate of drug-likeness (QED) is 0.705. The maximum Gasteiger partial charge on any atom is 0.248 e. The SMILES string of the molecule is CCCCN1C(=O)[C@H]([C@@H](N=O)C2CCCCC2)NC(=O)C12CCNCC2. The van der Waals surface area contributed by atoms with Crippen molar-refractivity contribution in [2.75, 3.05) is 19.6 Å². The summed E-state index contributed by atoms with van der Waals surface area (Å²) in [4.78, 5) is 40.0.